The number of amides is 1. The van der Waals surface area contributed by atoms with E-state index >= 15 is 0 Å². The molecule has 3 aliphatic heterocycles. The first-order chi connectivity index (χ1) is 27.6. The number of esters is 1. The van der Waals surface area contributed by atoms with Crippen LogP contribution in [0.1, 0.15) is 83.3 Å². The minimum absolute atomic E-state index is 0.0729. The summed E-state index contributed by atoms with van der Waals surface area (Å²) >= 11 is 0. The van der Waals surface area contributed by atoms with E-state index in [1.807, 2.05) is 61.0 Å². The number of likely N-dealkylation sites (tertiary alicyclic amines) is 2. The molecule has 3 aromatic heterocycles. The number of alkyl halides is 2. The Bertz CT molecular complexity index is 2310. The summed E-state index contributed by atoms with van der Waals surface area (Å²) in [5, 5.41) is 21.0. The van der Waals surface area contributed by atoms with Gasteiger partial charge in [-0.3, -0.25) is 29.1 Å². The fourth-order valence-corrected chi connectivity index (χ4v) is 8.56. The second-order valence-electron chi connectivity index (χ2n) is 15.3. The monoisotopic (exact) mass is 779 g/mol. The van der Waals surface area contributed by atoms with Crippen molar-refractivity contribution in [1.29, 1.82) is 0 Å². The second kappa shape index (κ2) is 16.2. The van der Waals surface area contributed by atoms with Crippen LogP contribution in [-0.2, 0) is 22.6 Å². The summed E-state index contributed by atoms with van der Waals surface area (Å²) in [6, 6.07) is 15.2. The fraction of sp³-hybridized carbons (Fsp3) is 0.429. The predicted molar refractivity (Wildman–Crippen MR) is 211 cm³/mol. The quantitative estimate of drug-likeness (QED) is 0.130. The number of aromatic nitrogens is 5. The van der Waals surface area contributed by atoms with Gasteiger partial charge in [-0.1, -0.05) is 24.3 Å². The van der Waals surface area contributed by atoms with Gasteiger partial charge in [0, 0.05) is 43.8 Å². The third-order valence-corrected chi connectivity index (χ3v) is 11.7. The zero-order valence-corrected chi connectivity index (χ0v) is 32.3. The van der Waals surface area contributed by atoms with Crippen molar-refractivity contribution in [3.05, 3.63) is 88.6 Å². The highest BCUT2D eigenvalue weighted by Crippen LogP contribution is 2.37. The summed E-state index contributed by atoms with van der Waals surface area (Å²) in [4.78, 5) is 43.3. The molecular weight excluding hydrogens is 733 g/mol. The van der Waals surface area contributed by atoms with Crippen LogP contribution in [0.4, 0.5) is 26.0 Å². The first-order valence-electron chi connectivity index (χ1n) is 19.6. The minimum atomic E-state index is -2.88. The molecule has 6 heterocycles. The molecule has 5 aromatic rings. The van der Waals surface area contributed by atoms with Crippen LogP contribution in [0.5, 0.6) is 0 Å². The number of carbonyl (C=O) groups is 2. The maximum atomic E-state index is 14.1. The van der Waals surface area contributed by atoms with Crippen LogP contribution < -0.4 is 10.6 Å². The SMILES string of the molecule is COC(=O)C1CCN(C2CCCn3nc(C(=O)Nc4cccc(-c5cccc(Nc6nc(C(F)F)nc7cc(CN8CC[C@@H](O)C8)cnc67)c5C)c4C)cc32)CC1. The second-order valence-corrected chi connectivity index (χ2v) is 15.3. The number of ether oxygens (including phenoxy) is 1. The van der Waals surface area contributed by atoms with Crippen molar-refractivity contribution in [2.45, 2.75) is 77.6 Å². The third kappa shape index (κ3) is 7.96. The number of pyridine rings is 1. The Morgan fingerprint density at radius 1 is 0.947 bits per heavy atom. The largest absolute Gasteiger partial charge is 0.469 e. The molecule has 13 nitrogen and oxygen atoms in total. The number of β-amino-alcohol motifs (C(OH)–C–C–N with tert-alkyl or cyclic N) is 1. The Hall–Kier alpha value is -5.38. The molecule has 0 aliphatic carbocycles. The molecule has 1 unspecified atom stereocenters. The van der Waals surface area contributed by atoms with Crippen molar-refractivity contribution in [2.24, 2.45) is 5.92 Å². The highest BCUT2D eigenvalue weighted by atomic mass is 19.3. The van der Waals surface area contributed by atoms with Gasteiger partial charge in [-0.2, -0.15) is 5.10 Å². The number of piperidine rings is 1. The number of rotatable bonds is 10. The summed E-state index contributed by atoms with van der Waals surface area (Å²) in [6.45, 7) is 8.04. The van der Waals surface area contributed by atoms with Crippen molar-refractivity contribution in [1.82, 2.24) is 34.5 Å². The van der Waals surface area contributed by atoms with Crippen LogP contribution in [0.15, 0.2) is 54.7 Å². The number of carbonyl (C=O) groups excluding carboxylic acids is 2. The molecule has 8 rings (SSSR count). The van der Waals surface area contributed by atoms with E-state index in [9.17, 15) is 23.5 Å². The molecule has 2 aromatic carbocycles. The summed E-state index contributed by atoms with van der Waals surface area (Å²) in [7, 11) is 1.44. The smallest absolute Gasteiger partial charge is 0.308 e. The standard InChI is InChI=1S/C42H47F2N9O4/c1-24-29(7-4-9-31(24)46-39-37-33(47-40(49-39)38(43)44)19-26(21-45-37)22-51-16-14-28(54)23-51)30-8-5-10-32(25(30)2)48-41(55)34-20-36-35(11-6-15-53(36)50-34)52-17-12-27(13-18-52)42(56)57-3/h4-5,7-10,19-21,27-28,35,38,54H,6,11-18,22-23H2,1-3H3,(H,48,55)(H,46,47,49)/t28-,35?/m1/s1. The molecule has 15 heteroatoms. The molecule has 2 atom stereocenters. The lowest BCUT2D eigenvalue weighted by Gasteiger charge is -2.38. The minimum Gasteiger partial charge on any atom is -0.469 e. The molecule has 0 spiro atoms. The van der Waals surface area contributed by atoms with Crippen LogP contribution in [0.3, 0.4) is 0 Å². The third-order valence-electron chi connectivity index (χ3n) is 11.7. The molecule has 3 N–H and O–H groups in total. The molecule has 0 saturated carbocycles. The van der Waals surface area contributed by atoms with E-state index in [-0.39, 0.29) is 35.8 Å². The van der Waals surface area contributed by atoms with E-state index in [0.717, 1.165) is 85.4 Å². The Balaban J connectivity index is 1.01. The Morgan fingerprint density at radius 2 is 1.68 bits per heavy atom. The number of hydrogen-bond donors (Lipinski definition) is 3. The number of benzene rings is 2. The van der Waals surface area contributed by atoms with Crippen LogP contribution in [0, 0.1) is 19.8 Å². The zero-order chi connectivity index (χ0) is 39.8. The number of hydrogen-bond acceptors (Lipinski definition) is 11. The van der Waals surface area contributed by atoms with E-state index < -0.39 is 12.2 Å². The highest BCUT2D eigenvalue weighted by molar-refractivity contribution is 6.04. The maximum absolute atomic E-state index is 14.1. The Morgan fingerprint density at radius 3 is 2.39 bits per heavy atom. The summed E-state index contributed by atoms with van der Waals surface area (Å²) in [6.07, 6.45) is 2.56. The number of halogens is 2. The highest BCUT2D eigenvalue weighted by Gasteiger charge is 2.34. The van der Waals surface area contributed by atoms with E-state index in [1.165, 1.54) is 7.11 Å². The van der Waals surface area contributed by atoms with Gasteiger partial charge in [-0.05, 0) is 111 Å². The average Bonchev–Trinajstić information content (AvgIpc) is 3.85. The lowest BCUT2D eigenvalue weighted by atomic mass is 9.93. The molecule has 57 heavy (non-hydrogen) atoms. The first-order valence-corrected chi connectivity index (χ1v) is 19.6. The zero-order valence-electron chi connectivity index (χ0n) is 32.3. The molecule has 2 fully saturated rings. The number of aliphatic hydroxyl groups is 1. The first kappa shape index (κ1) is 38.5. The Kier molecular flexibility index (Phi) is 11.0. The lowest BCUT2D eigenvalue weighted by Crippen LogP contribution is -2.40. The normalized spacial score (nSPS) is 19.2. The Labute approximate surface area is 329 Å². The number of methoxy groups -OCH3 is 1. The van der Waals surface area contributed by atoms with Crippen molar-refractivity contribution in [2.75, 3.05) is 43.9 Å². The van der Waals surface area contributed by atoms with Crippen LogP contribution in [0.25, 0.3) is 22.2 Å². The number of aryl methyl sites for hydroxylation is 1. The van der Waals surface area contributed by atoms with Gasteiger partial charge in [0.15, 0.2) is 17.3 Å². The summed E-state index contributed by atoms with van der Waals surface area (Å²) < 4.78 is 35.1. The number of fused-ring (bicyclic) bond motifs is 2. The van der Waals surface area contributed by atoms with E-state index in [4.69, 9.17) is 9.84 Å². The average molecular weight is 780 g/mol. The van der Waals surface area contributed by atoms with E-state index in [1.54, 1.807) is 12.3 Å². The van der Waals surface area contributed by atoms with Gasteiger partial charge in [0.05, 0.1) is 36.4 Å². The maximum Gasteiger partial charge on any atom is 0.308 e. The van der Waals surface area contributed by atoms with Crippen LogP contribution in [-0.4, -0.2) is 90.9 Å². The summed E-state index contributed by atoms with van der Waals surface area (Å²) in [5.74, 6) is -0.941. The van der Waals surface area contributed by atoms with Gasteiger partial charge >= 0.3 is 5.97 Å². The number of nitrogens with zero attached hydrogens (tertiary/aromatic N) is 7. The van der Waals surface area contributed by atoms with E-state index in [0.29, 0.717) is 47.6 Å². The summed E-state index contributed by atoms with van der Waals surface area (Å²) in [5.41, 5.74) is 7.65. The topological polar surface area (TPSA) is 151 Å². The molecule has 1 amide bonds. The van der Waals surface area contributed by atoms with Gasteiger partial charge in [0.2, 0.25) is 0 Å². The molecular formula is C42H47F2N9O4. The van der Waals surface area contributed by atoms with E-state index in [2.05, 4.69) is 35.4 Å². The molecule has 0 radical (unpaired) electrons. The van der Waals surface area contributed by atoms with Crippen molar-refractivity contribution >= 4 is 40.1 Å². The fourth-order valence-electron chi connectivity index (χ4n) is 8.56. The van der Waals surface area contributed by atoms with Gasteiger partial charge < -0.3 is 20.5 Å². The molecule has 298 valence electrons. The lowest BCUT2D eigenvalue weighted by molar-refractivity contribution is -0.147. The van der Waals surface area contributed by atoms with Crippen molar-refractivity contribution in [3.8, 4) is 11.1 Å². The van der Waals surface area contributed by atoms with Gasteiger partial charge in [-0.15, -0.1) is 0 Å². The number of aliphatic hydroxyl groups excluding tert-OH is 1. The van der Waals surface area contributed by atoms with Crippen molar-refractivity contribution in [3.63, 3.8) is 0 Å². The van der Waals surface area contributed by atoms with Gasteiger partial charge in [-0.25, -0.2) is 18.7 Å². The van der Waals surface area contributed by atoms with Crippen LogP contribution in [0.2, 0.25) is 0 Å². The number of anilines is 3. The molecule has 0 bridgehead atoms. The molecule has 2 saturated heterocycles. The van der Waals surface area contributed by atoms with Crippen molar-refractivity contribution < 1.29 is 28.2 Å². The van der Waals surface area contributed by atoms with Crippen LogP contribution >= 0.6 is 0 Å². The van der Waals surface area contributed by atoms with Gasteiger partial charge in [0.25, 0.3) is 12.3 Å². The van der Waals surface area contributed by atoms with Gasteiger partial charge in [0.1, 0.15) is 5.52 Å². The molecule has 3 aliphatic rings. The predicted octanol–water partition coefficient (Wildman–Crippen LogP) is 6.73. The number of nitrogens with one attached hydrogen (secondary N) is 2.